The van der Waals surface area contributed by atoms with Gasteiger partial charge < -0.3 is 15.5 Å². The molecule has 0 spiro atoms. The third kappa shape index (κ3) is 4.36. The van der Waals surface area contributed by atoms with Gasteiger partial charge in [0.2, 0.25) is 0 Å². The van der Waals surface area contributed by atoms with Crippen LogP contribution in [0.2, 0.25) is 0 Å². The lowest BCUT2D eigenvalue weighted by molar-refractivity contribution is 0.0735. The summed E-state index contributed by atoms with van der Waals surface area (Å²) in [5.74, 6) is -0.932. The highest BCUT2D eigenvalue weighted by atomic mass is 19.1. The molecule has 3 aromatic rings. The van der Waals surface area contributed by atoms with E-state index < -0.39 is 11.7 Å². The zero-order valence-electron chi connectivity index (χ0n) is 16.3. The molecule has 2 amide bonds. The average molecular weight is 404 g/mol. The van der Waals surface area contributed by atoms with Crippen LogP contribution in [0.4, 0.5) is 10.1 Å². The Morgan fingerprint density at radius 1 is 0.933 bits per heavy atom. The molecule has 7 heteroatoms. The molecule has 6 nitrogen and oxygen atoms in total. The fourth-order valence-electron chi connectivity index (χ4n) is 3.33. The quantitative estimate of drug-likeness (QED) is 0.701. The monoisotopic (exact) mass is 404 g/mol. The summed E-state index contributed by atoms with van der Waals surface area (Å²) in [5.41, 5.74) is 2.62. The minimum Gasteiger partial charge on any atom is -0.336 e. The first-order chi connectivity index (χ1) is 14.6. The van der Waals surface area contributed by atoms with Crippen molar-refractivity contribution in [2.75, 3.05) is 31.5 Å². The smallest absolute Gasteiger partial charge is 0.257 e. The second-order valence-electron chi connectivity index (χ2n) is 7.02. The van der Waals surface area contributed by atoms with E-state index in [0.29, 0.717) is 24.2 Å². The Bertz CT molecular complexity index is 1060. The fourth-order valence-corrected chi connectivity index (χ4v) is 3.33. The normalized spacial score (nSPS) is 13.7. The van der Waals surface area contributed by atoms with Crippen molar-refractivity contribution in [2.45, 2.75) is 0 Å². The summed E-state index contributed by atoms with van der Waals surface area (Å²) < 4.78 is 13.8. The second-order valence-corrected chi connectivity index (χ2v) is 7.02. The van der Waals surface area contributed by atoms with E-state index in [1.54, 1.807) is 36.5 Å². The van der Waals surface area contributed by atoms with Gasteiger partial charge in [-0.3, -0.25) is 14.6 Å². The molecule has 4 rings (SSSR count). The Hall–Kier alpha value is -3.58. The molecule has 0 aliphatic carbocycles. The number of para-hydroxylation sites is 1. The average Bonchev–Trinajstić information content (AvgIpc) is 2.81. The van der Waals surface area contributed by atoms with E-state index in [9.17, 15) is 14.0 Å². The van der Waals surface area contributed by atoms with Gasteiger partial charge in [-0.2, -0.15) is 0 Å². The summed E-state index contributed by atoms with van der Waals surface area (Å²) >= 11 is 0. The van der Waals surface area contributed by atoms with Crippen LogP contribution in [-0.4, -0.2) is 47.9 Å². The van der Waals surface area contributed by atoms with Crippen molar-refractivity contribution in [3.8, 4) is 11.1 Å². The predicted molar refractivity (Wildman–Crippen MR) is 113 cm³/mol. The van der Waals surface area contributed by atoms with Crippen LogP contribution in [0.5, 0.6) is 0 Å². The lowest BCUT2D eigenvalue weighted by atomic mass is 10.0. The Kier molecular flexibility index (Phi) is 5.81. The lowest BCUT2D eigenvalue weighted by Gasteiger charge is -2.27. The molecular formula is C23H21FN4O2. The molecule has 2 aromatic carbocycles. The van der Waals surface area contributed by atoms with Crippen LogP contribution in [0.1, 0.15) is 20.7 Å². The molecule has 0 atom stereocenters. The zero-order chi connectivity index (χ0) is 20.9. The number of hydrogen-bond donors (Lipinski definition) is 2. The van der Waals surface area contributed by atoms with Gasteiger partial charge in [-0.15, -0.1) is 0 Å². The number of pyridine rings is 1. The molecular weight excluding hydrogens is 383 g/mol. The van der Waals surface area contributed by atoms with E-state index >= 15 is 0 Å². The molecule has 1 aliphatic rings. The highest BCUT2D eigenvalue weighted by Gasteiger charge is 2.18. The van der Waals surface area contributed by atoms with Gasteiger partial charge in [0.15, 0.2) is 0 Å². The van der Waals surface area contributed by atoms with E-state index in [1.807, 2.05) is 17.0 Å². The summed E-state index contributed by atoms with van der Waals surface area (Å²) in [6.07, 6.45) is 3.08. The van der Waals surface area contributed by atoms with Crippen molar-refractivity contribution < 1.29 is 14.0 Å². The molecule has 2 heterocycles. The van der Waals surface area contributed by atoms with Gasteiger partial charge >= 0.3 is 0 Å². The van der Waals surface area contributed by atoms with Crippen LogP contribution in [0.15, 0.2) is 67.0 Å². The highest BCUT2D eigenvalue weighted by Crippen LogP contribution is 2.22. The first-order valence-corrected chi connectivity index (χ1v) is 9.73. The van der Waals surface area contributed by atoms with E-state index in [1.165, 1.54) is 18.3 Å². The number of aromatic nitrogens is 1. The van der Waals surface area contributed by atoms with Crippen molar-refractivity contribution in [3.63, 3.8) is 0 Å². The van der Waals surface area contributed by atoms with Gasteiger partial charge in [0.1, 0.15) is 5.82 Å². The zero-order valence-corrected chi connectivity index (χ0v) is 16.3. The van der Waals surface area contributed by atoms with Crippen LogP contribution < -0.4 is 10.6 Å². The number of nitrogens with zero attached hydrogens (tertiary/aromatic N) is 2. The molecule has 152 valence electrons. The van der Waals surface area contributed by atoms with Gasteiger partial charge in [-0.25, -0.2) is 4.39 Å². The van der Waals surface area contributed by atoms with Crippen LogP contribution >= 0.6 is 0 Å². The number of anilines is 1. The Morgan fingerprint density at radius 3 is 2.40 bits per heavy atom. The number of piperazine rings is 1. The SMILES string of the molecule is O=C(Nc1ccccc1F)c1cncc(-c2ccc(C(=O)N3CCNCC3)cc2)c1. The predicted octanol–water partition coefficient (Wildman–Crippen LogP) is 3.19. The van der Waals surface area contributed by atoms with Crippen molar-refractivity contribution >= 4 is 17.5 Å². The van der Waals surface area contributed by atoms with Crippen molar-refractivity contribution in [3.05, 3.63) is 83.9 Å². The molecule has 1 aromatic heterocycles. The molecule has 0 saturated carbocycles. The van der Waals surface area contributed by atoms with E-state index in [0.717, 1.165) is 24.2 Å². The second kappa shape index (κ2) is 8.84. The van der Waals surface area contributed by atoms with Gasteiger partial charge in [0.25, 0.3) is 11.8 Å². The number of carbonyl (C=O) groups excluding carboxylic acids is 2. The standard InChI is InChI=1S/C23H21FN4O2/c24-20-3-1-2-4-21(20)27-22(29)19-13-18(14-26-15-19)16-5-7-17(8-6-16)23(30)28-11-9-25-10-12-28/h1-8,13-15,25H,9-12H2,(H,27,29). The first kappa shape index (κ1) is 19.7. The number of hydrogen-bond acceptors (Lipinski definition) is 4. The highest BCUT2D eigenvalue weighted by molar-refractivity contribution is 6.04. The summed E-state index contributed by atoms with van der Waals surface area (Å²) in [5, 5.41) is 5.79. The topological polar surface area (TPSA) is 74.3 Å². The molecule has 30 heavy (non-hydrogen) atoms. The summed E-state index contributed by atoms with van der Waals surface area (Å²) in [4.78, 5) is 31.1. The molecule has 0 radical (unpaired) electrons. The van der Waals surface area contributed by atoms with Crippen LogP contribution in [-0.2, 0) is 0 Å². The van der Waals surface area contributed by atoms with Gasteiger partial charge in [-0.1, -0.05) is 24.3 Å². The summed E-state index contributed by atoms with van der Waals surface area (Å²) in [7, 11) is 0. The molecule has 2 N–H and O–H groups in total. The lowest BCUT2D eigenvalue weighted by Crippen LogP contribution is -2.46. The molecule has 1 aliphatic heterocycles. The largest absolute Gasteiger partial charge is 0.336 e. The number of amides is 2. The minimum atomic E-state index is -0.500. The maximum absolute atomic E-state index is 13.8. The number of carbonyl (C=O) groups is 2. The van der Waals surface area contributed by atoms with Crippen molar-refractivity contribution in [2.24, 2.45) is 0 Å². The maximum Gasteiger partial charge on any atom is 0.257 e. The number of benzene rings is 2. The van der Waals surface area contributed by atoms with Crippen molar-refractivity contribution in [1.82, 2.24) is 15.2 Å². The fraction of sp³-hybridized carbons (Fsp3) is 0.174. The Balaban J connectivity index is 1.50. The van der Waals surface area contributed by atoms with Gasteiger partial charge in [0.05, 0.1) is 11.3 Å². The molecule has 1 fully saturated rings. The third-order valence-electron chi connectivity index (χ3n) is 4.99. The number of rotatable bonds is 4. The Labute approximate surface area is 173 Å². The van der Waals surface area contributed by atoms with Gasteiger partial charge in [0, 0.05) is 49.7 Å². The van der Waals surface area contributed by atoms with E-state index in [2.05, 4.69) is 15.6 Å². The minimum absolute atomic E-state index is 0.0131. The third-order valence-corrected chi connectivity index (χ3v) is 4.99. The van der Waals surface area contributed by atoms with Crippen LogP contribution in [0.25, 0.3) is 11.1 Å². The van der Waals surface area contributed by atoms with Crippen LogP contribution in [0.3, 0.4) is 0 Å². The number of halogens is 1. The first-order valence-electron chi connectivity index (χ1n) is 9.73. The maximum atomic E-state index is 13.8. The molecule has 1 saturated heterocycles. The van der Waals surface area contributed by atoms with E-state index in [4.69, 9.17) is 0 Å². The summed E-state index contributed by atoms with van der Waals surface area (Å²) in [6.45, 7) is 3.00. The molecule has 0 bridgehead atoms. The Morgan fingerprint density at radius 2 is 1.67 bits per heavy atom. The van der Waals surface area contributed by atoms with E-state index in [-0.39, 0.29) is 11.6 Å². The number of nitrogens with one attached hydrogen (secondary N) is 2. The summed E-state index contributed by atoms with van der Waals surface area (Å²) in [6, 6.07) is 14.9. The van der Waals surface area contributed by atoms with Crippen LogP contribution in [0, 0.1) is 5.82 Å². The van der Waals surface area contributed by atoms with Gasteiger partial charge in [-0.05, 0) is 35.9 Å². The van der Waals surface area contributed by atoms with Crippen molar-refractivity contribution in [1.29, 1.82) is 0 Å². The molecule has 0 unspecified atom stereocenters.